The van der Waals surface area contributed by atoms with E-state index in [1.807, 2.05) is 49.5 Å². The molecule has 0 aliphatic carbocycles. The van der Waals surface area contributed by atoms with Crippen molar-refractivity contribution < 1.29 is 9.15 Å². The Morgan fingerprint density at radius 3 is 3.04 bits per heavy atom. The summed E-state index contributed by atoms with van der Waals surface area (Å²) in [5, 5.41) is 0.680. The zero-order valence-corrected chi connectivity index (χ0v) is 16.7. The summed E-state index contributed by atoms with van der Waals surface area (Å²) in [7, 11) is 0. The van der Waals surface area contributed by atoms with Crippen LogP contribution in [0.2, 0.25) is 5.02 Å². The zero-order valence-electron chi connectivity index (χ0n) is 16.0. The van der Waals surface area contributed by atoms with Gasteiger partial charge in [-0.25, -0.2) is 4.98 Å². The number of pyridine rings is 1. The van der Waals surface area contributed by atoms with Gasteiger partial charge in [0, 0.05) is 36.1 Å². The predicted octanol–water partition coefficient (Wildman–Crippen LogP) is 4.88. The van der Waals surface area contributed by atoms with Gasteiger partial charge in [-0.3, -0.25) is 9.88 Å². The van der Waals surface area contributed by atoms with E-state index >= 15 is 0 Å². The van der Waals surface area contributed by atoms with E-state index in [1.54, 1.807) is 6.20 Å². The van der Waals surface area contributed by atoms with Crippen molar-refractivity contribution in [2.75, 3.05) is 13.1 Å². The lowest BCUT2D eigenvalue weighted by molar-refractivity contribution is -0.0124. The second-order valence-corrected chi connectivity index (χ2v) is 7.64. The molecule has 0 unspecified atom stereocenters. The van der Waals surface area contributed by atoms with Crippen LogP contribution in [0, 0.1) is 6.92 Å². The van der Waals surface area contributed by atoms with Crippen LogP contribution in [-0.4, -0.2) is 34.1 Å². The summed E-state index contributed by atoms with van der Waals surface area (Å²) in [6.07, 6.45) is 6.08. The molecule has 1 aliphatic heterocycles. The highest BCUT2D eigenvalue weighted by Gasteiger charge is 2.23. The molecule has 0 spiro atoms. The Bertz CT molecular complexity index is 913. The number of nitrogens with zero attached hydrogens (tertiary/aromatic N) is 3. The molecule has 4 rings (SSSR count). The van der Waals surface area contributed by atoms with Gasteiger partial charge >= 0.3 is 0 Å². The van der Waals surface area contributed by atoms with Crippen LogP contribution in [0.15, 0.2) is 53.2 Å². The fraction of sp³-hybridized carbons (Fsp3) is 0.364. The largest absolute Gasteiger partial charge is 0.441 e. The van der Waals surface area contributed by atoms with E-state index in [-0.39, 0.29) is 6.10 Å². The first-order chi connectivity index (χ1) is 13.7. The maximum absolute atomic E-state index is 6.11. The van der Waals surface area contributed by atoms with Crippen molar-refractivity contribution in [2.24, 2.45) is 0 Å². The van der Waals surface area contributed by atoms with Crippen LogP contribution >= 0.6 is 11.6 Å². The zero-order chi connectivity index (χ0) is 19.3. The number of hydrogen-bond acceptors (Lipinski definition) is 5. The summed E-state index contributed by atoms with van der Waals surface area (Å²) < 4.78 is 12.0. The van der Waals surface area contributed by atoms with Gasteiger partial charge in [0.2, 0.25) is 5.89 Å². The number of halogens is 1. The van der Waals surface area contributed by atoms with E-state index in [9.17, 15) is 0 Å². The molecule has 146 valence electrons. The number of rotatable bonds is 6. The first-order valence-corrected chi connectivity index (χ1v) is 10.0. The van der Waals surface area contributed by atoms with Crippen molar-refractivity contribution in [1.82, 2.24) is 14.9 Å². The molecule has 1 saturated heterocycles. The maximum atomic E-state index is 6.11. The minimum Gasteiger partial charge on any atom is -0.441 e. The van der Waals surface area contributed by atoms with Gasteiger partial charge in [0.1, 0.15) is 5.76 Å². The molecule has 2 aromatic heterocycles. The molecule has 0 radical (unpaired) electrons. The summed E-state index contributed by atoms with van der Waals surface area (Å²) in [5.41, 5.74) is 2.99. The van der Waals surface area contributed by atoms with Crippen LogP contribution in [0.3, 0.4) is 0 Å². The Morgan fingerprint density at radius 1 is 1.29 bits per heavy atom. The fourth-order valence-corrected chi connectivity index (χ4v) is 3.71. The maximum Gasteiger partial charge on any atom is 0.226 e. The molecule has 0 saturated carbocycles. The molecule has 0 amide bonds. The lowest BCUT2D eigenvalue weighted by Gasteiger charge is -2.32. The van der Waals surface area contributed by atoms with E-state index in [2.05, 4.69) is 9.88 Å². The van der Waals surface area contributed by atoms with E-state index in [0.717, 1.165) is 55.1 Å². The first-order valence-electron chi connectivity index (χ1n) is 9.62. The highest BCUT2D eigenvalue weighted by atomic mass is 35.5. The van der Waals surface area contributed by atoms with Gasteiger partial charge in [0.05, 0.1) is 18.4 Å². The molecule has 3 aromatic rings. The SMILES string of the molecule is Cc1oc(-c2cccc(Cl)c2)nc1CN1CCC[C@@H](OCc2cccnc2)C1. The molecule has 1 aromatic carbocycles. The van der Waals surface area contributed by atoms with Crippen LogP contribution in [0.1, 0.15) is 29.9 Å². The van der Waals surface area contributed by atoms with Crippen molar-refractivity contribution >= 4 is 11.6 Å². The summed E-state index contributed by atoms with van der Waals surface area (Å²) in [5.74, 6) is 1.48. The third-order valence-electron chi connectivity index (χ3n) is 5.01. The molecule has 1 atom stereocenters. The molecule has 1 aliphatic rings. The second-order valence-electron chi connectivity index (χ2n) is 7.20. The standard InChI is InChI=1S/C22H24ClN3O2/c1-16-21(25-22(28-16)18-6-2-7-19(23)11-18)14-26-10-4-8-20(13-26)27-15-17-5-3-9-24-12-17/h2-3,5-7,9,11-12,20H,4,8,10,13-15H2,1H3/t20-/m1/s1. The Hall–Kier alpha value is -2.21. The Labute approximate surface area is 170 Å². The molecular formula is C22H24ClN3O2. The second kappa shape index (κ2) is 8.86. The number of benzene rings is 1. The van der Waals surface area contributed by atoms with Crippen LogP contribution in [0.25, 0.3) is 11.5 Å². The third kappa shape index (κ3) is 4.79. The Morgan fingerprint density at radius 2 is 2.21 bits per heavy atom. The summed E-state index contributed by atoms with van der Waals surface area (Å²) >= 11 is 6.09. The quantitative estimate of drug-likeness (QED) is 0.593. The monoisotopic (exact) mass is 397 g/mol. The fourth-order valence-electron chi connectivity index (χ4n) is 3.52. The number of oxazole rings is 1. The van der Waals surface area contributed by atoms with Gasteiger partial charge in [0.25, 0.3) is 0 Å². The molecule has 0 bridgehead atoms. The molecule has 6 heteroatoms. The van der Waals surface area contributed by atoms with Gasteiger partial charge in [-0.05, 0) is 56.1 Å². The van der Waals surface area contributed by atoms with Gasteiger partial charge in [0.15, 0.2) is 0 Å². The van der Waals surface area contributed by atoms with Crippen molar-refractivity contribution in [2.45, 2.75) is 39.0 Å². The highest BCUT2D eigenvalue weighted by Crippen LogP contribution is 2.26. The number of piperidine rings is 1. The molecule has 3 heterocycles. The molecule has 28 heavy (non-hydrogen) atoms. The number of hydrogen-bond donors (Lipinski definition) is 0. The van der Waals surface area contributed by atoms with Crippen molar-refractivity contribution in [3.63, 3.8) is 0 Å². The van der Waals surface area contributed by atoms with Gasteiger partial charge in [-0.15, -0.1) is 0 Å². The minimum atomic E-state index is 0.230. The summed E-state index contributed by atoms with van der Waals surface area (Å²) in [6, 6.07) is 11.6. The minimum absolute atomic E-state index is 0.230. The van der Waals surface area contributed by atoms with Gasteiger partial charge in [-0.1, -0.05) is 23.7 Å². The highest BCUT2D eigenvalue weighted by molar-refractivity contribution is 6.30. The number of aryl methyl sites for hydroxylation is 1. The van der Waals surface area contributed by atoms with Crippen LogP contribution in [-0.2, 0) is 17.9 Å². The molecule has 5 nitrogen and oxygen atoms in total. The summed E-state index contributed by atoms with van der Waals surface area (Å²) in [6.45, 7) is 5.29. The number of ether oxygens (including phenoxy) is 1. The van der Waals surface area contributed by atoms with E-state index in [4.69, 9.17) is 25.7 Å². The third-order valence-corrected chi connectivity index (χ3v) is 5.24. The number of likely N-dealkylation sites (tertiary alicyclic amines) is 1. The lowest BCUT2D eigenvalue weighted by atomic mass is 10.1. The van der Waals surface area contributed by atoms with Crippen molar-refractivity contribution in [3.05, 3.63) is 70.8 Å². The number of aromatic nitrogens is 2. The summed E-state index contributed by atoms with van der Waals surface area (Å²) in [4.78, 5) is 11.3. The van der Waals surface area contributed by atoms with Gasteiger partial charge < -0.3 is 9.15 Å². The van der Waals surface area contributed by atoms with E-state index in [0.29, 0.717) is 17.5 Å². The van der Waals surface area contributed by atoms with E-state index < -0.39 is 0 Å². The van der Waals surface area contributed by atoms with Crippen molar-refractivity contribution in [1.29, 1.82) is 0 Å². The molecular weight excluding hydrogens is 374 g/mol. The average molecular weight is 398 g/mol. The lowest BCUT2D eigenvalue weighted by Crippen LogP contribution is -2.39. The first kappa shape index (κ1) is 19.1. The normalized spacial score (nSPS) is 17.7. The average Bonchev–Trinajstić information content (AvgIpc) is 3.08. The van der Waals surface area contributed by atoms with Crippen LogP contribution in [0.5, 0.6) is 0 Å². The molecule has 0 N–H and O–H groups in total. The Balaban J connectivity index is 1.37. The molecule has 1 fully saturated rings. The smallest absolute Gasteiger partial charge is 0.226 e. The topological polar surface area (TPSA) is 51.4 Å². The predicted molar refractivity (Wildman–Crippen MR) is 109 cm³/mol. The Kier molecular flexibility index (Phi) is 6.05. The van der Waals surface area contributed by atoms with Gasteiger partial charge in [-0.2, -0.15) is 0 Å². The van der Waals surface area contributed by atoms with Crippen LogP contribution < -0.4 is 0 Å². The van der Waals surface area contributed by atoms with Crippen LogP contribution in [0.4, 0.5) is 0 Å². The van der Waals surface area contributed by atoms with Crippen molar-refractivity contribution in [3.8, 4) is 11.5 Å². The van der Waals surface area contributed by atoms with E-state index in [1.165, 1.54) is 0 Å².